The molecule has 1 heterocycles. The summed E-state index contributed by atoms with van der Waals surface area (Å²) in [6, 6.07) is 9.99. The Morgan fingerprint density at radius 1 is 0.971 bits per heavy atom. The number of halogens is 1. The van der Waals surface area contributed by atoms with E-state index in [2.05, 4.69) is 4.72 Å². The highest BCUT2D eigenvalue weighted by molar-refractivity contribution is 7.98. The minimum Gasteiger partial charge on any atom is -0.339 e. The molecule has 8 nitrogen and oxygen atoms in total. The molecule has 1 aliphatic heterocycles. The summed E-state index contributed by atoms with van der Waals surface area (Å²) in [7, 11) is -7.72. The number of nitrogens with one attached hydrogen (secondary N) is 1. The Morgan fingerprint density at radius 3 is 2.09 bits per heavy atom. The van der Waals surface area contributed by atoms with E-state index in [1.165, 1.54) is 45.2 Å². The van der Waals surface area contributed by atoms with Crippen LogP contribution in [0.4, 0.5) is 4.39 Å². The van der Waals surface area contributed by atoms with E-state index in [-0.39, 0.29) is 41.9 Å². The summed E-state index contributed by atoms with van der Waals surface area (Å²) in [6.45, 7) is 2.23. The van der Waals surface area contributed by atoms with Crippen LogP contribution in [-0.4, -0.2) is 76.2 Å². The quantitative estimate of drug-likeness (QED) is 0.534. The summed E-state index contributed by atoms with van der Waals surface area (Å²) in [5.74, 6) is -0.339. The summed E-state index contributed by atoms with van der Waals surface area (Å²) in [5.41, 5.74) is 0.919. The van der Waals surface area contributed by atoms with Crippen molar-refractivity contribution in [3.05, 3.63) is 59.9 Å². The molecule has 12 heteroatoms. The van der Waals surface area contributed by atoms with Crippen LogP contribution in [0.15, 0.2) is 58.3 Å². The van der Waals surface area contributed by atoms with Gasteiger partial charge in [0.1, 0.15) is 11.9 Å². The number of sulfonamides is 2. The number of rotatable bonds is 9. The molecule has 1 amide bonds. The van der Waals surface area contributed by atoms with Crippen LogP contribution in [0.2, 0.25) is 0 Å². The van der Waals surface area contributed by atoms with Crippen LogP contribution < -0.4 is 4.72 Å². The first-order chi connectivity index (χ1) is 16.0. The molecule has 0 bridgehead atoms. The molecule has 0 aliphatic carbocycles. The standard InChI is InChI=1S/C22H28FN3O5S3/c1-17-3-7-19(8-4-17)33(28,29)24-21(11-16-32-2)22(27)25-12-14-26(15-13-25)34(30,31)20-9-5-18(23)6-10-20/h3-10,21,24H,11-16H2,1-2H3/t21-/m0/s1. The van der Waals surface area contributed by atoms with Crippen molar-refractivity contribution in [3.8, 4) is 0 Å². The second kappa shape index (κ2) is 11.2. The van der Waals surface area contributed by atoms with Crippen molar-refractivity contribution >= 4 is 37.7 Å². The normalized spacial score (nSPS) is 16.4. The molecule has 0 spiro atoms. The second-order valence-electron chi connectivity index (χ2n) is 7.95. The molecular weight excluding hydrogens is 501 g/mol. The van der Waals surface area contributed by atoms with Gasteiger partial charge in [-0.3, -0.25) is 4.79 Å². The Bertz CT molecular complexity index is 1200. The van der Waals surface area contributed by atoms with E-state index in [1.807, 2.05) is 13.2 Å². The predicted octanol–water partition coefficient (Wildman–Crippen LogP) is 2.07. The number of benzene rings is 2. The van der Waals surface area contributed by atoms with Gasteiger partial charge in [0.15, 0.2) is 0 Å². The number of piperazine rings is 1. The molecule has 3 rings (SSSR count). The lowest BCUT2D eigenvalue weighted by Gasteiger charge is -2.35. The fourth-order valence-electron chi connectivity index (χ4n) is 3.57. The van der Waals surface area contributed by atoms with Gasteiger partial charge in [-0.05, 0) is 61.8 Å². The Hall–Kier alpha value is -1.99. The van der Waals surface area contributed by atoms with Crippen LogP contribution in [-0.2, 0) is 24.8 Å². The van der Waals surface area contributed by atoms with E-state index in [0.29, 0.717) is 12.2 Å². The molecular formula is C22H28FN3O5S3. The van der Waals surface area contributed by atoms with Crippen LogP contribution in [0, 0.1) is 12.7 Å². The molecule has 2 aromatic carbocycles. The Kier molecular flexibility index (Phi) is 8.74. The molecule has 0 unspecified atom stereocenters. The average Bonchev–Trinajstić information content (AvgIpc) is 2.82. The number of carbonyl (C=O) groups excluding carboxylic acids is 1. The molecule has 0 radical (unpaired) electrons. The molecule has 1 atom stereocenters. The molecule has 2 aromatic rings. The van der Waals surface area contributed by atoms with Crippen molar-refractivity contribution in [2.45, 2.75) is 29.2 Å². The summed E-state index contributed by atoms with van der Waals surface area (Å²) < 4.78 is 68.3. The van der Waals surface area contributed by atoms with Crippen LogP contribution in [0.5, 0.6) is 0 Å². The van der Waals surface area contributed by atoms with Crippen molar-refractivity contribution in [1.82, 2.24) is 13.9 Å². The Balaban J connectivity index is 1.69. The van der Waals surface area contributed by atoms with Gasteiger partial charge in [0.2, 0.25) is 26.0 Å². The minimum absolute atomic E-state index is 0.0163. The molecule has 1 aliphatic rings. The summed E-state index contributed by atoms with van der Waals surface area (Å²) >= 11 is 1.50. The third-order valence-corrected chi connectivity index (χ3v) is 9.58. The molecule has 0 saturated carbocycles. The van der Waals surface area contributed by atoms with Crippen molar-refractivity contribution in [1.29, 1.82) is 0 Å². The van der Waals surface area contributed by atoms with Gasteiger partial charge in [-0.2, -0.15) is 20.8 Å². The number of hydrogen-bond donors (Lipinski definition) is 1. The minimum atomic E-state index is -3.91. The van der Waals surface area contributed by atoms with Gasteiger partial charge in [0.05, 0.1) is 9.79 Å². The first-order valence-electron chi connectivity index (χ1n) is 10.7. The smallest absolute Gasteiger partial charge is 0.243 e. The lowest BCUT2D eigenvalue weighted by Crippen LogP contribution is -2.55. The highest BCUT2D eigenvalue weighted by Gasteiger charge is 2.34. The zero-order valence-corrected chi connectivity index (χ0v) is 21.4. The number of carbonyl (C=O) groups is 1. The molecule has 1 saturated heterocycles. The zero-order valence-electron chi connectivity index (χ0n) is 19.0. The maximum absolute atomic E-state index is 13.2. The Morgan fingerprint density at radius 2 is 1.53 bits per heavy atom. The first kappa shape index (κ1) is 26.6. The Labute approximate surface area is 204 Å². The molecule has 34 heavy (non-hydrogen) atoms. The first-order valence-corrected chi connectivity index (χ1v) is 15.0. The van der Waals surface area contributed by atoms with Crippen LogP contribution in [0.25, 0.3) is 0 Å². The lowest BCUT2D eigenvalue weighted by molar-refractivity contribution is -0.134. The molecule has 0 aromatic heterocycles. The molecule has 186 valence electrons. The van der Waals surface area contributed by atoms with E-state index in [4.69, 9.17) is 0 Å². The fourth-order valence-corrected chi connectivity index (χ4v) is 6.68. The van der Waals surface area contributed by atoms with Gasteiger partial charge >= 0.3 is 0 Å². The largest absolute Gasteiger partial charge is 0.339 e. The van der Waals surface area contributed by atoms with Crippen LogP contribution >= 0.6 is 11.8 Å². The van der Waals surface area contributed by atoms with E-state index >= 15 is 0 Å². The summed E-state index contributed by atoms with van der Waals surface area (Å²) in [6.07, 6.45) is 2.17. The second-order valence-corrected chi connectivity index (χ2v) is 12.6. The average molecular weight is 530 g/mol. The van der Waals surface area contributed by atoms with Gasteiger partial charge in [0, 0.05) is 26.2 Å². The maximum atomic E-state index is 13.2. The highest BCUT2D eigenvalue weighted by atomic mass is 32.2. The number of nitrogens with zero attached hydrogens (tertiary/aromatic N) is 2. The van der Waals surface area contributed by atoms with E-state index in [1.54, 1.807) is 12.1 Å². The number of aryl methyl sites for hydroxylation is 1. The van der Waals surface area contributed by atoms with Gasteiger partial charge in [-0.1, -0.05) is 17.7 Å². The highest BCUT2D eigenvalue weighted by Crippen LogP contribution is 2.19. The van der Waals surface area contributed by atoms with E-state index < -0.39 is 31.9 Å². The molecule has 1 fully saturated rings. The van der Waals surface area contributed by atoms with Gasteiger partial charge < -0.3 is 4.90 Å². The monoisotopic (exact) mass is 529 g/mol. The number of amides is 1. The summed E-state index contributed by atoms with van der Waals surface area (Å²) in [5, 5.41) is 0. The van der Waals surface area contributed by atoms with E-state index in [0.717, 1.165) is 17.7 Å². The number of thioether (sulfide) groups is 1. The fraction of sp³-hybridized carbons (Fsp3) is 0.409. The third-order valence-electron chi connectivity index (χ3n) is 5.54. The topological polar surface area (TPSA) is 104 Å². The number of hydrogen-bond acceptors (Lipinski definition) is 6. The van der Waals surface area contributed by atoms with Gasteiger partial charge in [-0.25, -0.2) is 21.2 Å². The van der Waals surface area contributed by atoms with Crippen LogP contribution in [0.1, 0.15) is 12.0 Å². The maximum Gasteiger partial charge on any atom is 0.243 e. The van der Waals surface area contributed by atoms with Crippen molar-refractivity contribution in [2.24, 2.45) is 0 Å². The lowest BCUT2D eigenvalue weighted by atomic mass is 10.2. The third kappa shape index (κ3) is 6.36. The predicted molar refractivity (Wildman–Crippen MR) is 130 cm³/mol. The van der Waals surface area contributed by atoms with Gasteiger partial charge in [-0.15, -0.1) is 0 Å². The summed E-state index contributed by atoms with van der Waals surface area (Å²) in [4.78, 5) is 14.8. The zero-order chi connectivity index (χ0) is 24.9. The van der Waals surface area contributed by atoms with Crippen molar-refractivity contribution in [2.75, 3.05) is 38.2 Å². The SMILES string of the molecule is CSCC[C@H](NS(=O)(=O)c1ccc(C)cc1)C(=O)N1CCN(S(=O)(=O)c2ccc(F)cc2)CC1. The van der Waals surface area contributed by atoms with Gasteiger partial charge in [0.25, 0.3) is 0 Å². The van der Waals surface area contributed by atoms with E-state index in [9.17, 15) is 26.0 Å². The van der Waals surface area contributed by atoms with Crippen LogP contribution in [0.3, 0.4) is 0 Å². The molecule has 1 N–H and O–H groups in total. The van der Waals surface area contributed by atoms with Crippen molar-refractivity contribution in [3.63, 3.8) is 0 Å². The van der Waals surface area contributed by atoms with Crippen molar-refractivity contribution < 1.29 is 26.0 Å².